The Morgan fingerprint density at radius 1 is 1.25 bits per heavy atom. The minimum absolute atomic E-state index is 0.439. The number of fused-ring (bicyclic) bond motifs is 1. The van der Waals surface area contributed by atoms with Crippen LogP contribution >= 0.6 is 11.3 Å². The molecule has 20 heavy (non-hydrogen) atoms. The van der Waals surface area contributed by atoms with E-state index >= 15 is 0 Å². The van der Waals surface area contributed by atoms with Gasteiger partial charge in [-0.3, -0.25) is 0 Å². The highest BCUT2D eigenvalue weighted by atomic mass is 32.2. The van der Waals surface area contributed by atoms with E-state index in [1.165, 1.54) is 46.2 Å². The number of aryl methyl sites for hydroxylation is 2. The third-order valence-electron chi connectivity index (χ3n) is 4.26. The highest BCUT2D eigenvalue weighted by Crippen LogP contribution is 2.35. The number of nitrogens with zero attached hydrogens (tertiary/aromatic N) is 2. The minimum Gasteiger partial charge on any atom is -0.246 e. The zero-order chi connectivity index (χ0) is 14.2. The summed E-state index contributed by atoms with van der Waals surface area (Å²) in [5.41, 5.74) is 1.31. The highest BCUT2D eigenvalue weighted by molar-refractivity contribution is 7.87. The van der Waals surface area contributed by atoms with E-state index in [0.29, 0.717) is 19.0 Å². The molecule has 5 nitrogen and oxygen atoms in total. The molecule has 112 valence electrons. The first-order valence-electron chi connectivity index (χ1n) is 7.27. The zero-order valence-electron chi connectivity index (χ0n) is 11.8. The molecule has 1 aliphatic carbocycles. The van der Waals surface area contributed by atoms with Crippen molar-refractivity contribution in [2.24, 2.45) is 0 Å². The molecule has 2 heterocycles. The summed E-state index contributed by atoms with van der Waals surface area (Å²) in [5, 5.41) is 1.23. The van der Waals surface area contributed by atoms with Crippen molar-refractivity contribution in [3.05, 3.63) is 15.6 Å². The van der Waals surface area contributed by atoms with Gasteiger partial charge in [-0.1, -0.05) is 0 Å². The van der Waals surface area contributed by atoms with Gasteiger partial charge in [-0.25, -0.2) is 9.71 Å². The molecule has 7 heteroatoms. The van der Waals surface area contributed by atoms with Crippen LogP contribution in [0.1, 0.15) is 47.2 Å². The molecule has 1 aliphatic heterocycles. The average Bonchev–Trinajstić information content (AvgIpc) is 2.91. The maximum absolute atomic E-state index is 11.8. The third-order valence-corrected chi connectivity index (χ3v) is 7.14. The molecule has 1 N–H and O–H groups in total. The Kier molecular flexibility index (Phi) is 4.12. The quantitative estimate of drug-likeness (QED) is 0.923. The molecular formula is C13H21N3O2S2. The normalized spacial score (nSPS) is 21.9. The number of piperidine rings is 1. The number of thiazole rings is 1. The molecule has 3 rings (SSSR count). The van der Waals surface area contributed by atoms with Gasteiger partial charge in [-0.05, 0) is 38.5 Å². The Hall–Kier alpha value is -0.500. The largest absolute Gasteiger partial charge is 0.279 e. The summed E-state index contributed by atoms with van der Waals surface area (Å²) in [6.45, 7) is 1.19. The lowest BCUT2D eigenvalue weighted by molar-refractivity contribution is 0.316. The predicted octanol–water partition coefficient (Wildman–Crippen LogP) is 1.67. The molecule has 0 amide bonds. The number of nitrogens with one attached hydrogen (secondary N) is 1. The lowest BCUT2D eigenvalue weighted by Gasteiger charge is -2.29. The number of aromatic nitrogens is 1. The van der Waals surface area contributed by atoms with Crippen molar-refractivity contribution in [3.8, 4) is 0 Å². The molecule has 0 radical (unpaired) electrons. The Bertz CT molecular complexity index is 551. The SMILES string of the molecule is CNS(=O)(=O)N1CCC(c2nc3c(s2)CCCC3)CC1. The Morgan fingerprint density at radius 3 is 2.60 bits per heavy atom. The lowest BCUT2D eigenvalue weighted by Crippen LogP contribution is -2.43. The van der Waals surface area contributed by atoms with E-state index < -0.39 is 10.2 Å². The van der Waals surface area contributed by atoms with Crippen LogP contribution in [0.5, 0.6) is 0 Å². The van der Waals surface area contributed by atoms with Gasteiger partial charge in [-0.15, -0.1) is 11.3 Å². The smallest absolute Gasteiger partial charge is 0.246 e. The van der Waals surface area contributed by atoms with Crippen molar-refractivity contribution in [1.82, 2.24) is 14.0 Å². The van der Waals surface area contributed by atoms with E-state index in [1.54, 1.807) is 0 Å². The van der Waals surface area contributed by atoms with Crippen molar-refractivity contribution in [2.45, 2.75) is 44.4 Å². The van der Waals surface area contributed by atoms with E-state index in [4.69, 9.17) is 4.98 Å². The molecule has 1 aromatic heterocycles. The summed E-state index contributed by atoms with van der Waals surface area (Å²) >= 11 is 1.86. The van der Waals surface area contributed by atoms with Gasteiger partial charge in [-0.2, -0.15) is 12.7 Å². The molecule has 0 saturated carbocycles. The second kappa shape index (κ2) is 5.71. The second-order valence-electron chi connectivity index (χ2n) is 5.51. The van der Waals surface area contributed by atoms with E-state index in [1.807, 2.05) is 11.3 Å². The topological polar surface area (TPSA) is 62.3 Å². The summed E-state index contributed by atoms with van der Waals surface area (Å²) in [6.07, 6.45) is 6.61. The first-order valence-corrected chi connectivity index (χ1v) is 9.53. The number of hydrogen-bond acceptors (Lipinski definition) is 4. The monoisotopic (exact) mass is 315 g/mol. The van der Waals surface area contributed by atoms with Crippen molar-refractivity contribution in [3.63, 3.8) is 0 Å². The van der Waals surface area contributed by atoms with E-state index in [2.05, 4.69) is 4.72 Å². The molecule has 1 fully saturated rings. The maximum Gasteiger partial charge on any atom is 0.279 e. The van der Waals surface area contributed by atoms with Crippen LogP contribution in [0, 0.1) is 0 Å². The Balaban J connectivity index is 1.68. The molecule has 0 atom stereocenters. The molecule has 1 aromatic rings. The van der Waals surface area contributed by atoms with Crippen LogP contribution in [0.4, 0.5) is 0 Å². The molecule has 1 saturated heterocycles. The van der Waals surface area contributed by atoms with Gasteiger partial charge < -0.3 is 0 Å². The van der Waals surface area contributed by atoms with Crippen molar-refractivity contribution in [1.29, 1.82) is 0 Å². The molecule has 0 spiro atoms. The zero-order valence-corrected chi connectivity index (χ0v) is 13.4. The number of hydrogen-bond donors (Lipinski definition) is 1. The molecule has 2 aliphatic rings. The van der Waals surface area contributed by atoms with Gasteiger partial charge in [0.15, 0.2) is 0 Å². The van der Waals surface area contributed by atoms with E-state index in [0.717, 1.165) is 19.3 Å². The van der Waals surface area contributed by atoms with Crippen molar-refractivity contribution < 1.29 is 8.42 Å². The van der Waals surface area contributed by atoms with Crippen LogP contribution in [-0.2, 0) is 23.1 Å². The fourth-order valence-electron chi connectivity index (χ4n) is 3.02. The van der Waals surface area contributed by atoms with Gasteiger partial charge in [0, 0.05) is 30.9 Å². The van der Waals surface area contributed by atoms with Crippen LogP contribution in [0.15, 0.2) is 0 Å². The summed E-state index contributed by atoms with van der Waals surface area (Å²) in [7, 11) is -1.79. The van der Waals surface area contributed by atoms with Gasteiger partial charge in [0.1, 0.15) is 0 Å². The predicted molar refractivity (Wildman–Crippen MR) is 80.3 cm³/mol. The Labute approximate surface area is 124 Å². The molecule has 0 aromatic carbocycles. The third kappa shape index (κ3) is 2.77. The summed E-state index contributed by atoms with van der Waals surface area (Å²) in [4.78, 5) is 6.29. The first-order chi connectivity index (χ1) is 9.60. The fraction of sp³-hybridized carbons (Fsp3) is 0.769. The van der Waals surface area contributed by atoms with Crippen LogP contribution in [-0.4, -0.2) is 37.8 Å². The van der Waals surface area contributed by atoms with Crippen molar-refractivity contribution >= 4 is 21.5 Å². The average molecular weight is 315 g/mol. The van der Waals surface area contributed by atoms with Crippen molar-refractivity contribution in [2.75, 3.05) is 20.1 Å². The van der Waals surface area contributed by atoms with E-state index in [-0.39, 0.29) is 0 Å². The first kappa shape index (κ1) is 14.4. The standard InChI is InChI=1S/C13H21N3O2S2/c1-14-20(17,18)16-8-6-10(7-9-16)13-15-11-4-2-3-5-12(11)19-13/h10,14H,2-9H2,1H3. The van der Waals surface area contributed by atoms with Gasteiger partial charge in [0.05, 0.1) is 10.7 Å². The highest BCUT2D eigenvalue weighted by Gasteiger charge is 2.29. The Morgan fingerprint density at radius 2 is 1.95 bits per heavy atom. The summed E-state index contributed by atoms with van der Waals surface area (Å²) in [5.74, 6) is 0.439. The minimum atomic E-state index is -3.26. The molecule has 0 unspecified atom stereocenters. The maximum atomic E-state index is 11.8. The van der Waals surface area contributed by atoms with Gasteiger partial charge in [0.25, 0.3) is 10.2 Å². The lowest BCUT2D eigenvalue weighted by atomic mass is 9.99. The van der Waals surface area contributed by atoms with Crippen LogP contribution in [0.2, 0.25) is 0 Å². The molecular weight excluding hydrogens is 294 g/mol. The fourth-order valence-corrected chi connectivity index (χ4v) is 5.29. The van der Waals surface area contributed by atoms with Gasteiger partial charge >= 0.3 is 0 Å². The van der Waals surface area contributed by atoms with E-state index in [9.17, 15) is 8.42 Å². The van der Waals surface area contributed by atoms with Gasteiger partial charge in [0.2, 0.25) is 0 Å². The number of rotatable bonds is 3. The van der Waals surface area contributed by atoms with Crippen LogP contribution < -0.4 is 4.72 Å². The van der Waals surface area contributed by atoms with Crippen LogP contribution in [0.25, 0.3) is 0 Å². The molecule has 0 bridgehead atoms. The van der Waals surface area contributed by atoms with Crippen LogP contribution in [0.3, 0.4) is 0 Å². The second-order valence-corrected chi connectivity index (χ2v) is 8.50. The summed E-state index contributed by atoms with van der Waals surface area (Å²) < 4.78 is 27.4. The summed E-state index contributed by atoms with van der Waals surface area (Å²) in [6, 6.07) is 0.